The van der Waals surface area contributed by atoms with Crippen LogP contribution in [0.25, 0.3) is 11.1 Å². The van der Waals surface area contributed by atoms with Gasteiger partial charge >= 0.3 is 5.97 Å². The molecule has 2 aromatic carbocycles. The van der Waals surface area contributed by atoms with E-state index in [1.807, 2.05) is 31.2 Å². The Bertz CT molecular complexity index is 838. The van der Waals surface area contributed by atoms with Crippen molar-refractivity contribution in [3.05, 3.63) is 78.0 Å². The molecule has 4 nitrogen and oxygen atoms in total. The van der Waals surface area contributed by atoms with Gasteiger partial charge in [0.1, 0.15) is 5.82 Å². The molecular formula is C19H16FNO3. The molecule has 0 saturated carbocycles. The van der Waals surface area contributed by atoms with Crippen molar-refractivity contribution in [2.45, 2.75) is 13.0 Å². The lowest BCUT2D eigenvalue weighted by Gasteiger charge is -2.16. The molecule has 3 rings (SSSR count). The van der Waals surface area contributed by atoms with E-state index in [-0.39, 0.29) is 17.6 Å². The van der Waals surface area contributed by atoms with Crippen molar-refractivity contribution in [1.82, 2.24) is 0 Å². The van der Waals surface area contributed by atoms with Crippen LogP contribution in [-0.4, -0.2) is 11.1 Å². The number of furan rings is 1. The van der Waals surface area contributed by atoms with Crippen LogP contribution in [-0.2, 0) is 0 Å². The highest BCUT2D eigenvalue weighted by molar-refractivity contribution is 5.93. The first-order valence-corrected chi connectivity index (χ1v) is 7.48. The first-order chi connectivity index (χ1) is 11.5. The van der Waals surface area contributed by atoms with E-state index in [0.29, 0.717) is 5.56 Å². The summed E-state index contributed by atoms with van der Waals surface area (Å²) in [6, 6.07) is 15.4. The fourth-order valence-corrected chi connectivity index (χ4v) is 2.53. The summed E-state index contributed by atoms with van der Waals surface area (Å²) < 4.78 is 18.0. The van der Waals surface area contributed by atoms with E-state index >= 15 is 0 Å². The zero-order valence-electron chi connectivity index (χ0n) is 13.0. The fourth-order valence-electron chi connectivity index (χ4n) is 2.53. The van der Waals surface area contributed by atoms with E-state index in [1.165, 1.54) is 18.4 Å². The third-order valence-corrected chi connectivity index (χ3v) is 3.81. The Balaban J connectivity index is 1.76. The van der Waals surface area contributed by atoms with Crippen molar-refractivity contribution >= 4 is 11.7 Å². The van der Waals surface area contributed by atoms with Crippen LogP contribution in [0.2, 0.25) is 0 Å². The molecular weight excluding hydrogens is 309 g/mol. The van der Waals surface area contributed by atoms with Gasteiger partial charge in [-0.2, -0.15) is 0 Å². The van der Waals surface area contributed by atoms with E-state index in [1.54, 1.807) is 18.2 Å². The number of anilines is 1. The van der Waals surface area contributed by atoms with Crippen molar-refractivity contribution in [2.75, 3.05) is 5.32 Å². The zero-order valence-corrected chi connectivity index (χ0v) is 13.0. The highest BCUT2D eigenvalue weighted by Crippen LogP contribution is 2.27. The summed E-state index contributed by atoms with van der Waals surface area (Å²) in [5.74, 6) is -1.43. The maximum absolute atomic E-state index is 13.0. The maximum Gasteiger partial charge on any atom is 0.372 e. The van der Waals surface area contributed by atoms with Crippen molar-refractivity contribution in [2.24, 2.45) is 0 Å². The minimum Gasteiger partial charge on any atom is -0.475 e. The summed E-state index contributed by atoms with van der Waals surface area (Å²) in [6.45, 7) is 1.99. The van der Waals surface area contributed by atoms with Gasteiger partial charge in [-0.3, -0.25) is 0 Å². The molecule has 0 fully saturated rings. The van der Waals surface area contributed by atoms with Gasteiger partial charge in [0.15, 0.2) is 0 Å². The van der Waals surface area contributed by atoms with Gasteiger partial charge in [-0.1, -0.05) is 24.3 Å². The van der Waals surface area contributed by atoms with E-state index in [2.05, 4.69) is 5.32 Å². The number of hydrogen-bond acceptors (Lipinski definition) is 3. The van der Waals surface area contributed by atoms with Gasteiger partial charge in [0.05, 0.1) is 6.26 Å². The molecule has 0 radical (unpaired) electrons. The van der Waals surface area contributed by atoms with Gasteiger partial charge < -0.3 is 14.8 Å². The Morgan fingerprint density at radius 1 is 1.08 bits per heavy atom. The van der Waals surface area contributed by atoms with Crippen LogP contribution in [0.1, 0.15) is 29.1 Å². The number of hydrogen-bond donors (Lipinski definition) is 2. The molecule has 1 heterocycles. The summed E-state index contributed by atoms with van der Waals surface area (Å²) in [5, 5.41) is 12.4. The number of rotatable bonds is 5. The smallest absolute Gasteiger partial charge is 0.372 e. The lowest BCUT2D eigenvalue weighted by molar-refractivity contribution is 0.0663. The SMILES string of the molecule is C[C@H](Nc1ccc(-c2ccoc2C(=O)O)cc1)c1ccc(F)cc1. The van der Waals surface area contributed by atoms with Crippen LogP contribution in [0.3, 0.4) is 0 Å². The first-order valence-electron chi connectivity index (χ1n) is 7.48. The average molecular weight is 325 g/mol. The molecule has 0 aliphatic rings. The molecule has 5 heteroatoms. The number of carboxylic acid groups (broad SMARTS) is 1. The minimum atomic E-state index is -1.10. The second-order valence-electron chi connectivity index (χ2n) is 5.46. The molecule has 2 N–H and O–H groups in total. The molecule has 0 aliphatic carbocycles. The quantitative estimate of drug-likeness (QED) is 0.696. The lowest BCUT2D eigenvalue weighted by Crippen LogP contribution is -2.06. The van der Waals surface area contributed by atoms with Crippen LogP contribution < -0.4 is 5.32 Å². The highest BCUT2D eigenvalue weighted by atomic mass is 19.1. The Labute approximate surface area is 138 Å². The molecule has 0 amide bonds. The van der Waals surface area contributed by atoms with Crippen LogP contribution in [0.5, 0.6) is 0 Å². The molecule has 0 aliphatic heterocycles. The topological polar surface area (TPSA) is 62.5 Å². The monoisotopic (exact) mass is 325 g/mol. The van der Waals surface area contributed by atoms with E-state index in [9.17, 15) is 9.18 Å². The first kappa shape index (κ1) is 15.8. The maximum atomic E-state index is 13.0. The molecule has 0 spiro atoms. The van der Waals surface area contributed by atoms with Crippen LogP contribution in [0.15, 0.2) is 65.3 Å². The van der Waals surface area contributed by atoms with Crippen molar-refractivity contribution < 1.29 is 18.7 Å². The third kappa shape index (κ3) is 3.30. The van der Waals surface area contributed by atoms with Crippen molar-refractivity contribution in [3.63, 3.8) is 0 Å². The van der Waals surface area contributed by atoms with Gasteiger partial charge in [0.25, 0.3) is 0 Å². The second-order valence-corrected chi connectivity index (χ2v) is 5.46. The number of aromatic carboxylic acids is 1. The molecule has 3 aromatic rings. The number of halogens is 1. The molecule has 122 valence electrons. The molecule has 1 aromatic heterocycles. The number of carbonyl (C=O) groups is 1. The molecule has 24 heavy (non-hydrogen) atoms. The van der Waals surface area contributed by atoms with Crippen LogP contribution in [0, 0.1) is 5.82 Å². The van der Waals surface area contributed by atoms with Crippen LogP contribution >= 0.6 is 0 Å². The average Bonchev–Trinajstić information content (AvgIpc) is 3.06. The Morgan fingerprint density at radius 2 is 1.75 bits per heavy atom. The normalized spacial score (nSPS) is 11.9. The Kier molecular flexibility index (Phi) is 4.33. The lowest BCUT2D eigenvalue weighted by atomic mass is 10.0. The van der Waals surface area contributed by atoms with E-state index in [0.717, 1.165) is 16.8 Å². The zero-order chi connectivity index (χ0) is 17.1. The summed E-state index contributed by atoms with van der Waals surface area (Å²) in [7, 11) is 0. The number of carboxylic acids is 1. The van der Waals surface area contributed by atoms with E-state index < -0.39 is 5.97 Å². The van der Waals surface area contributed by atoms with Crippen LogP contribution in [0.4, 0.5) is 10.1 Å². The Morgan fingerprint density at radius 3 is 2.38 bits per heavy atom. The third-order valence-electron chi connectivity index (χ3n) is 3.81. The molecule has 0 unspecified atom stereocenters. The largest absolute Gasteiger partial charge is 0.475 e. The fraction of sp³-hybridized carbons (Fsp3) is 0.105. The van der Waals surface area contributed by atoms with Crippen molar-refractivity contribution in [1.29, 1.82) is 0 Å². The minimum absolute atomic E-state index is 0.0138. The van der Waals surface area contributed by atoms with E-state index in [4.69, 9.17) is 9.52 Å². The summed E-state index contributed by atoms with van der Waals surface area (Å²) >= 11 is 0. The van der Waals surface area contributed by atoms with Crippen molar-refractivity contribution in [3.8, 4) is 11.1 Å². The predicted molar refractivity (Wildman–Crippen MR) is 89.5 cm³/mol. The molecule has 0 saturated heterocycles. The molecule has 0 bridgehead atoms. The standard InChI is InChI=1S/C19H16FNO3/c1-12(13-2-6-15(20)7-3-13)21-16-8-4-14(5-9-16)17-10-11-24-18(17)19(22)23/h2-12,21H,1H3,(H,22,23)/t12-/m0/s1. The summed E-state index contributed by atoms with van der Waals surface area (Å²) in [4.78, 5) is 11.1. The van der Waals surface area contributed by atoms with Gasteiger partial charge in [0.2, 0.25) is 5.76 Å². The van der Waals surface area contributed by atoms with Gasteiger partial charge in [-0.05, 0) is 48.4 Å². The van der Waals surface area contributed by atoms with Gasteiger partial charge in [0, 0.05) is 17.3 Å². The van der Waals surface area contributed by atoms with Gasteiger partial charge in [-0.25, -0.2) is 9.18 Å². The second kappa shape index (κ2) is 6.58. The molecule has 1 atom stereocenters. The predicted octanol–water partition coefficient (Wildman–Crippen LogP) is 4.96. The number of benzene rings is 2. The Hall–Kier alpha value is -3.08. The van der Waals surface area contributed by atoms with Gasteiger partial charge in [-0.15, -0.1) is 0 Å². The number of nitrogens with one attached hydrogen (secondary N) is 1. The highest BCUT2D eigenvalue weighted by Gasteiger charge is 2.15. The summed E-state index contributed by atoms with van der Waals surface area (Å²) in [6.07, 6.45) is 1.36. The summed E-state index contributed by atoms with van der Waals surface area (Å²) in [5.41, 5.74) is 3.17.